The number of benzene rings is 2. The van der Waals surface area contributed by atoms with Gasteiger partial charge in [0, 0.05) is 18.8 Å². The van der Waals surface area contributed by atoms with E-state index in [0.29, 0.717) is 11.5 Å². The smallest absolute Gasteiger partial charge is 0.256 e. The third-order valence-corrected chi connectivity index (χ3v) is 3.82. The number of nitrogens with zero attached hydrogens (tertiary/aromatic N) is 1. The molecule has 0 saturated heterocycles. The molecule has 0 fully saturated rings. The lowest BCUT2D eigenvalue weighted by Gasteiger charge is -2.08. The molecule has 4 nitrogen and oxygen atoms in total. The molecular formula is C20H18FN3O. The first kappa shape index (κ1) is 16.6. The number of hydrogen-bond donors (Lipinski definition) is 2. The summed E-state index contributed by atoms with van der Waals surface area (Å²) in [6.07, 6.45) is 2.40. The number of pyridine rings is 1. The first-order chi connectivity index (χ1) is 12.2. The summed E-state index contributed by atoms with van der Waals surface area (Å²) < 4.78 is 13.8. The van der Waals surface area contributed by atoms with Crippen LogP contribution in [-0.4, -0.2) is 17.9 Å². The maximum Gasteiger partial charge on any atom is 0.256 e. The fraction of sp³-hybridized carbons (Fsp3) is 0.100. The number of amides is 1. The summed E-state index contributed by atoms with van der Waals surface area (Å²) in [5, 5.41) is 5.43. The Hall–Kier alpha value is -3.21. The van der Waals surface area contributed by atoms with Gasteiger partial charge in [-0.3, -0.25) is 4.79 Å². The molecule has 3 rings (SSSR count). The molecule has 1 amide bonds. The van der Waals surface area contributed by atoms with Crippen LogP contribution in [0.3, 0.4) is 0 Å². The highest BCUT2D eigenvalue weighted by atomic mass is 19.1. The Morgan fingerprint density at radius 2 is 1.84 bits per heavy atom. The van der Waals surface area contributed by atoms with E-state index >= 15 is 0 Å². The Morgan fingerprint density at radius 3 is 2.56 bits per heavy atom. The van der Waals surface area contributed by atoms with Gasteiger partial charge in [0.15, 0.2) is 0 Å². The van der Waals surface area contributed by atoms with Crippen LogP contribution in [0.5, 0.6) is 0 Å². The van der Waals surface area contributed by atoms with Gasteiger partial charge < -0.3 is 10.6 Å². The molecule has 126 valence electrons. The molecule has 0 aliphatic rings. The average molecular weight is 335 g/mol. The molecule has 0 unspecified atom stereocenters. The van der Waals surface area contributed by atoms with Crippen molar-refractivity contribution < 1.29 is 9.18 Å². The van der Waals surface area contributed by atoms with Crippen molar-refractivity contribution in [1.82, 2.24) is 4.98 Å². The van der Waals surface area contributed by atoms with Crippen molar-refractivity contribution in [3.05, 3.63) is 89.4 Å². The van der Waals surface area contributed by atoms with Gasteiger partial charge in [-0.25, -0.2) is 9.37 Å². The molecule has 0 atom stereocenters. The van der Waals surface area contributed by atoms with E-state index in [1.807, 2.05) is 42.5 Å². The maximum atomic E-state index is 13.8. The second-order valence-corrected chi connectivity index (χ2v) is 5.61. The van der Waals surface area contributed by atoms with Crippen LogP contribution >= 0.6 is 0 Å². The van der Waals surface area contributed by atoms with Gasteiger partial charge in [-0.2, -0.15) is 0 Å². The summed E-state index contributed by atoms with van der Waals surface area (Å²) in [5.41, 5.74) is 2.80. The average Bonchev–Trinajstić information content (AvgIpc) is 2.63. The summed E-state index contributed by atoms with van der Waals surface area (Å²) in [5.74, 6) is -0.427. The molecule has 25 heavy (non-hydrogen) atoms. The predicted molar refractivity (Wildman–Crippen MR) is 97.4 cm³/mol. The first-order valence-corrected chi connectivity index (χ1v) is 7.93. The minimum Gasteiger partial charge on any atom is -0.386 e. The molecule has 0 radical (unpaired) electrons. The SMILES string of the molecule is CNc1ccc(C(=O)Nc2cc(Cc3ccccc3)ccn2)cc1F. The molecule has 3 aromatic rings. The molecule has 1 aromatic heterocycles. The molecule has 0 aliphatic carbocycles. The molecule has 5 heteroatoms. The van der Waals surface area contributed by atoms with Gasteiger partial charge in [-0.15, -0.1) is 0 Å². The predicted octanol–water partition coefficient (Wildman–Crippen LogP) is 4.11. The lowest BCUT2D eigenvalue weighted by Crippen LogP contribution is -2.13. The number of anilines is 2. The molecule has 0 spiro atoms. The highest BCUT2D eigenvalue weighted by Gasteiger charge is 2.10. The van der Waals surface area contributed by atoms with E-state index in [-0.39, 0.29) is 5.56 Å². The van der Waals surface area contributed by atoms with Gasteiger partial charge in [0.25, 0.3) is 5.91 Å². The van der Waals surface area contributed by atoms with Crippen molar-refractivity contribution in [2.75, 3.05) is 17.7 Å². The topological polar surface area (TPSA) is 54.0 Å². The van der Waals surface area contributed by atoms with E-state index < -0.39 is 11.7 Å². The van der Waals surface area contributed by atoms with Crippen molar-refractivity contribution in [2.24, 2.45) is 0 Å². The highest BCUT2D eigenvalue weighted by molar-refractivity contribution is 6.04. The Morgan fingerprint density at radius 1 is 1.04 bits per heavy atom. The number of carbonyl (C=O) groups excluding carboxylic acids is 1. The van der Waals surface area contributed by atoms with Gasteiger partial charge in [-0.05, 0) is 47.9 Å². The van der Waals surface area contributed by atoms with E-state index in [4.69, 9.17) is 0 Å². The number of halogens is 1. The zero-order valence-corrected chi connectivity index (χ0v) is 13.8. The zero-order chi connectivity index (χ0) is 17.6. The van der Waals surface area contributed by atoms with Gasteiger partial charge in [0.2, 0.25) is 0 Å². The maximum absolute atomic E-state index is 13.8. The minimum atomic E-state index is -0.471. The van der Waals surface area contributed by atoms with Crippen molar-refractivity contribution in [2.45, 2.75) is 6.42 Å². The second-order valence-electron chi connectivity index (χ2n) is 5.61. The van der Waals surface area contributed by atoms with E-state index in [1.165, 1.54) is 17.7 Å². The minimum absolute atomic E-state index is 0.242. The van der Waals surface area contributed by atoms with Crippen LogP contribution in [0.4, 0.5) is 15.9 Å². The van der Waals surface area contributed by atoms with Gasteiger partial charge >= 0.3 is 0 Å². The van der Waals surface area contributed by atoms with Crippen molar-refractivity contribution in [1.29, 1.82) is 0 Å². The Kier molecular flexibility index (Phi) is 5.04. The van der Waals surface area contributed by atoms with Crippen LogP contribution in [0, 0.1) is 5.82 Å². The summed E-state index contributed by atoms with van der Waals surface area (Å²) in [4.78, 5) is 16.5. The third kappa shape index (κ3) is 4.20. The van der Waals surface area contributed by atoms with Crippen LogP contribution < -0.4 is 10.6 Å². The number of aromatic nitrogens is 1. The highest BCUT2D eigenvalue weighted by Crippen LogP contribution is 2.17. The van der Waals surface area contributed by atoms with Crippen LogP contribution in [0.15, 0.2) is 66.9 Å². The van der Waals surface area contributed by atoms with Crippen LogP contribution in [0.1, 0.15) is 21.5 Å². The fourth-order valence-electron chi connectivity index (χ4n) is 2.53. The molecule has 1 heterocycles. The fourth-order valence-corrected chi connectivity index (χ4v) is 2.53. The molecule has 0 bridgehead atoms. The molecular weight excluding hydrogens is 317 g/mol. The van der Waals surface area contributed by atoms with Crippen LogP contribution in [-0.2, 0) is 6.42 Å². The third-order valence-electron chi connectivity index (χ3n) is 3.82. The zero-order valence-electron chi connectivity index (χ0n) is 13.8. The summed E-state index contributed by atoms with van der Waals surface area (Å²) in [7, 11) is 1.63. The Bertz CT molecular complexity index is 881. The summed E-state index contributed by atoms with van der Waals surface area (Å²) >= 11 is 0. The van der Waals surface area contributed by atoms with Gasteiger partial charge in [0.05, 0.1) is 5.69 Å². The van der Waals surface area contributed by atoms with E-state index in [1.54, 1.807) is 19.3 Å². The summed E-state index contributed by atoms with van der Waals surface area (Å²) in [6, 6.07) is 18.1. The number of nitrogens with one attached hydrogen (secondary N) is 2. The van der Waals surface area contributed by atoms with Crippen LogP contribution in [0.2, 0.25) is 0 Å². The van der Waals surface area contributed by atoms with Crippen molar-refractivity contribution in [3.8, 4) is 0 Å². The largest absolute Gasteiger partial charge is 0.386 e. The number of rotatable bonds is 5. The molecule has 0 saturated carbocycles. The van der Waals surface area contributed by atoms with Crippen molar-refractivity contribution >= 4 is 17.4 Å². The second kappa shape index (κ2) is 7.57. The van der Waals surface area contributed by atoms with E-state index in [9.17, 15) is 9.18 Å². The molecule has 2 N–H and O–H groups in total. The van der Waals surface area contributed by atoms with Gasteiger partial charge in [-0.1, -0.05) is 30.3 Å². The lowest BCUT2D eigenvalue weighted by atomic mass is 10.1. The number of hydrogen-bond acceptors (Lipinski definition) is 3. The first-order valence-electron chi connectivity index (χ1n) is 7.93. The standard InChI is InChI=1S/C20H18FN3O/c1-22-18-8-7-16(13-17(18)21)20(25)24-19-12-15(9-10-23-19)11-14-5-3-2-4-6-14/h2-10,12-13,22H,11H2,1H3,(H,23,24,25). The van der Waals surface area contributed by atoms with E-state index in [2.05, 4.69) is 15.6 Å². The lowest BCUT2D eigenvalue weighted by molar-refractivity contribution is 0.102. The van der Waals surface area contributed by atoms with Crippen LogP contribution in [0.25, 0.3) is 0 Å². The number of carbonyl (C=O) groups is 1. The van der Waals surface area contributed by atoms with E-state index in [0.717, 1.165) is 12.0 Å². The quantitative estimate of drug-likeness (QED) is 0.738. The Labute approximate surface area is 145 Å². The monoisotopic (exact) mass is 335 g/mol. The van der Waals surface area contributed by atoms with Gasteiger partial charge in [0.1, 0.15) is 11.6 Å². The van der Waals surface area contributed by atoms with Crippen molar-refractivity contribution in [3.63, 3.8) is 0 Å². The summed E-state index contributed by atoms with van der Waals surface area (Å²) in [6.45, 7) is 0. The molecule has 0 aliphatic heterocycles. The Balaban J connectivity index is 1.73. The normalized spacial score (nSPS) is 10.3. The molecule has 2 aromatic carbocycles.